The lowest BCUT2D eigenvalue weighted by Crippen LogP contribution is -2.22. The number of halogens is 1. The summed E-state index contributed by atoms with van der Waals surface area (Å²) in [7, 11) is 0. The van der Waals surface area contributed by atoms with Crippen molar-refractivity contribution in [3.63, 3.8) is 0 Å². The van der Waals surface area contributed by atoms with Crippen LogP contribution in [-0.2, 0) is 16.0 Å². The van der Waals surface area contributed by atoms with Crippen molar-refractivity contribution in [3.8, 4) is 23.4 Å². The van der Waals surface area contributed by atoms with E-state index in [9.17, 15) is 14.4 Å². The van der Waals surface area contributed by atoms with E-state index in [1.54, 1.807) is 31.2 Å². The second-order valence-electron chi connectivity index (χ2n) is 6.93. The summed E-state index contributed by atoms with van der Waals surface area (Å²) in [6.07, 6.45) is -0.108. The average molecular weight is 434 g/mol. The second kappa shape index (κ2) is 8.81. The van der Waals surface area contributed by atoms with Crippen LogP contribution in [0, 0.1) is 17.1 Å². The summed E-state index contributed by atoms with van der Waals surface area (Å²) in [5.41, 5.74) is 7.47. The van der Waals surface area contributed by atoms with Gasteiger partial charge < -0.3 is 19.9 Å². The molecule has 0 saturated carbocycles. The minimum Gasteiger partial charge on any atom is -0.466 e. The number of ether oxygens (including phenoxy) is 3. The highest BCUT2D eigenvalue weighted by Gasteiger charge is 2.36. The Morgan fingerprint density at radius 2 is 2.09 bits per heavy atom. The van der Waals surface area contributed by atoms with Crippen molar-refractivity contribution in [1.82, 2.24) is 10.2 Å². The first-order chi connectivity index (χ1) is 15.5. The number of allylic oxidation sites excluding steroid dienone is 1. The lowest BCUT2D eigenvalue weighted by molar-refractivity contribution is -0.142. The van der Waals surface area contributed by atoms with Gasteiger partial charge in [-0.05, 0) is 36.8 Å². The third kappa shape index (κ3) is 3.98. The van der Waals surface area contributed by atoms with E-state index in [1.807, 2.05) is 6.07 Å². The van der Waals surface area contributed by atoms with Gasteiger partial charge in [0.25, 0.3) is 0 Å². The Bertz CT molecular complexity index is 1230. The molecule has 9 heteroatoms. The van der Waals surface area contributed by atoms with Gasteiger partial charge in [-0.2, -0.15) is 5.26 Å². The number of benzene rings is 2. The maximum Gasteiger partial charge on any atom is 0.311 e. The topological polar surface area (TPSA) is 123 Å². The molecule has 2 heterocycles. The van der Waals surface area contributed by atoms with E-state index in [-0.39, 0.29) is 36.1 Å². The fourth-order valence-corrected chi connectivity index (χ4v) is 3.53. The molecular weight excluding hydrogens is 415 g/mol. The number of carbonyl (C=O) groups is 1. The minimum absolute atomic E-state index is 0.0203. The number of fused-ring (bicyclic) bond motifs is 1. The number of nitrogens with zero attached hydrogens (tertiary/aromatic N) is 2. The van der Waals surface area contributed by atoms with Crippen LogP contribution in [0.2, 0.25) is 0 Å². The van der Waals surface area contributed by atoms with Gasteiger partial charge in [0.05, 0.1) is 30.2 Å². The van der Waals surface area contributed by atoms with Crippen LogP contribution in [0.25, 0.3) is 0 Å². The first kappa shape index (κ1) is 20.9. The standard InChI is InChI=1S/C23H19FN4O4/c1-2-30-19(29)11-17-21-20(15(12-25)22(26)32-23(21)28-27-17)13-8-9-16(24)18(10-13)31-14-6-4-3-5-7-14/h3-10,20H,2,11,26H2,1H3,(H,27,28)/t20-/m1/s1. The van der Waals surface area contributed by atoms with Crippen molar-refractivity contribution in [1.29, 1.82) is 5.26 Å². The Morgan fingerprint density at radius 1 is 1.31 bits per heavy atom. The number of H-pyrrole nitrogens is 1. The number of hydrogen-bond donors (Lipinski definition) is 2. The van der Waals surface area contributed by atoms with Gasteiger partial charge in [-0.1, -0.05) is 24.3 Å². The average Bonchev–Trinajstić information content (AvgIpc) is 3.17. The van der Waals surface area contributed by atoms with Gasteiger partial charge in [0.1, 0.15) is 17.4 Å². The molecule has 0 bridgehead atoms. The van der Waals surface area contributed by atoms with Crippen molar-refractivity contribution in [2.24, 2.45) is 5.73 Å². The number of rotatable bonds is 6. The first-order valence-corrected chi connectivity index (χ1v) is 9.84. The lowest BCUT2D eigenvalue weighted by atomic mass is 9.83. The lowest BCUT2D eigenvalue weighted by Gasteiger charge is -2.24. The number of hydrogen-bond acceptors (Lipinski definition) is 7. The van der Waals surface area contributed by atoms with Crippen molar-refractivity contribution in [2.75, 3.05) is 6.61 Å². The molecule has 4 rings (SSSR count). The van der Waals surface area contributed by atoms with E-state index < -0.39 is 17.7 Å². The van der Waals surface area contributed by atoms with E-state index in [2.05, 4.69) is 16.3 Å². The summed E-state index contributed by atoms with van der Waals surface area (Å²) in [5.74, 6) is -1.32. The molecule has 1 atom stereocenters. The molecule has 1 aliphatic heterocycles. The third-order valence-electron chi connectivity index (χ3n) is 4.90. The SMILES string of the molecule is CCOC(=O)Cc1[nH]nc2c1[C@H](c1ccc(F)c(Oc3ccccc3)c1)C(C#N)=C(N)O2. The normalized spacial score (nSPS) is 14.8. The largest absolute Gasteiger partial charge is 0.466 e. The van der Waals surface area contributed by atoms with E-state index in [4.69, 9.17) is 19.9 Å². The molecule has 0 fully saturated rings. The van der Waals surface area contributed by atoms with Crippen molar-refractivity contribution in [3.05, 3.63) is 82.6 Å². The smallest absolute Gasteiger partial charge is 0.311 e. The fraction of sp³-hybridized carbons (Fsp3) is 0.174. The highest BCUT2D eigenvalue weighted by molar-refractivity contribution is 5.73. The van der Waals surface area contributed by atoms with E-state index >= 15 is 0 Å². The van der Waals surface area contributed by atoms with Gasteiger partial charge in [0.15, 0.2) is 11.6 Å². The molecule has 3 aromatic rings. The zero-order valence-electron chi connectivity index (χ0n) is 17.1. The fourth-order valence-electron chi connectivity index (χ4n) is 3.53. The van der Waals surface area contributed by atoms with Crippen molar-refractivity contribution in [2.45, 2.75) is 19.3 Å². The predicted octanol–water partition coefficient (Wildman–Crippen LogP) is 3.66. The van der Waals surface area contributed by atoms with E-state index in [0.717, 1.165) is 0 Å². The van der Waals surface area contributed by atoms with Gasteiger partial charge in [-0.15, -0.1) is 5.10 Å². The summed E-state index contributed by atoms with van der Waals surface area (Å²) in [4.78, 5) is 12.1. The Kier molecular flexibility index (Phi) is 5.77. The maximum atomic E-state index is 14.5. The summed E-state index contributed by atoms with van der Waals surface area (Å²) < 4.78 is 30.7. The summed E-state index contributed by atoms with van der Waals surface area (Å²) in [5, 5.41) is 16.6. The number of nitrogens with one attached hydrogen (secondary N) is 1. The van der Waals surface area contributed by atoms with Crippen LogP contribution in [0.4, 0.5) is 4.39 Å². The molecule has 0 aliphatic carbocycles. The van der Waals surface area contributed by atoms with Crippen LogP contribution in [-0.4, -0.2) is 22.8 Å². The molecule has 8 nitrogen and oxygen atoms in total. The zero-order valence-corrected chi connectivity index (χ0v) is 17.1. The summed E-state index contributed by atoms with van der Waals surface area (Å²) in [6, 6.07) is 15.1. The summed E-state index contributed by atoms with van der Waals surface area (Å²) >= 11 is 0. The molecule has 0 saturated heterocycles. The number of nitrogens with two attached hydrogens (primary N) is 1. The number of para-hydroxylation sites is 1. The van der Waals surface area contributed by atoms with Crippen LogP contribution in [0.3, 0.4) is 0 Å². The quantitative estimate of drug-likeness (QED) is 0.568. The Labute approximate surface area is 183 Å². The number of esters is 1. The minimum atomic E-state index is -0.745. The predicted molar refractivity (Wildman–Crippen MR) is 111 cm³/mol. The summed E-state index contributed by atoms with van der Waals surface area (Å²) in [6.45, 7) is 1.93. The Balaban J connectivity index is 1.79. The van der Waals surface area contributed by atoms with Crippen LogP contribution in [0.15, 0.2) is 60.0 Å². The highest BCUT2D eigenvalue weighted by atomic mass is 19.1. The second-order valence-corrected chi connectivity index (χ2v) is 6.93. The van der Waals surface area contributed by atoms with Crippen molar-refractivity contribution >= 4 is 5.97 Å². The molecule has 1 aliphatic rings. The van der Waals surface area contributed by atoms with Crippen LogP contribution >= 0.6 is 0 Å². The molecule has 162 valence electrons. The van der Waals surface area contributed by atoms with Gasteiger partial charge in [-0.3, -0.25) is 9.89 Å². The number of carbonyl (C=O) groups excluding carboxylic acids is 1. The first-order valence-electron chi connectivity index (χ1n) is 9.84. The molecule has 0 radical (unpaired) electrons. The molecule has 0 unspecified atom stereocenters. The van der Waals surface area contributed by atoms with Gasteiger partial charge in [0, 0.05) is 0 Å². The van der Waals surface area contributed by atoms with Gasteiger partial charge in [0.2, 0.25) is 11.8 Å². The zero-order chi connectivity index (χ0) is 22.7. The Morgan fingerprint density at radius 3 is 2.81 bits per heavy atom. The number of nitriles is 1. The van der Waals surface area contributed by atoms with Crippen LogP contribution < -0.4 is 15.2 Å². The van der Waals surface area contributed by atoms with Gasteiger partial charge >= 0.3 is 5.97 Å². The van der Waals surface area contributed by atoms with Gasteiger partial charge in [-0.25, -0.2) is 4.39 Å². The van der Waals surface area contributed by atoms with Crippen LogP contribution in [0.5, 0.6) is 17.4 Å². The van der Waals surface area contributed by atoms with Crippen LogP contribution in [0.1, 0.15) is 29.7 Å². The van der Waals surface area contributed by atoms with E-state index in [0.29, 0.717) is 22.6 Å². The molecule has 3 N–H and O–H groups in total. The molecular formula is C23H19FN4O4. The highest BCUT2D eigenvalue weighted by Crippen LogP contribution is 2.44. The molecule has 0 amide bonds. The number of aromatic amines is 1. The molecule has 0 spiro atoms. The maximum absolute atomic E-state index is 14.5. The molecule has 2 aromatic carbocycles. The van der Waals surface area contributed by atoms with Crippen molar-refractivity contribution < 1.29 is 23.4 Å². The monoisotopic (exact) mass is 434 g/mol. The number of aromatic nitrogens is 2. The van der Waals surface area contributed by atoms with E-state index in [1.165, 1.54) is 18.2 Å². The third-order valence-corrected chi connectivity index (χ3v) is 4.90. The Hall–Kier alpha value is -4.32. The molecule has 32 heavy (non-hydrogen) atoms. The molecule has 1 aromatic heterocycles.